The molecule has 4 rings (SSSR count). The summed E-state index contributed by atoms with van der Waals surface area (Å²) in [7, 11) is 0. The monoisotopic (exact) mass is 524 g/mol. The highest BCUT2D eigenvalue weighted by Gasteiger charge is 2.14. The number of hydrogen-bond acceptors (Lipinski definition) is 3. The smallest absolute Gasteiger partial charge is 0.200 e. The third kappa shape index (κ3) is 5.87. The van der Waals surface area contributed by atoms with Gasteiger partial charge in [0.2, 0.25) is 5.43 Å². The van der Waals surface area contributed by atoms with Crippen molar-refractivity contribution < 1.29 is 9.15 Å². The fraction of sp³-hybridized carbons (Fsp3) is 0.250. The second-order valence-electron chi connectivity index (χ2n) is 8.17. The fourth-order valence-electron chi connectivity index (χ4n) is 3.84. The van der Waals surface area contributed by atoms with Crippen LogP contribution in [0.4, 0.5) is 0 Å². The zero-order valence-corrected chi connectivity index (χ0v) is 20.9. The van der Waals surface area contributed by atoms with E-state index in [4.69, 9.17) is 20.8 Å². The van der Waals surface area contributed by atoms with Gasteiger partial charge in [-0.15, -0.1) is 0 Å². The molecule has 0 fully saturated rings. The predicted octanol–water partition coefficient (Wildman–Crippen LogP) is 8.58. The number of unbranched alkanes of at least 4 members (excludes halogenated alkanes) is 3. The number of rotatable bonds is 9. The first-order valence-electron chi connectivity index (χ1n) is 11.3. The maximum Gasteiger partial charge on any atom is 0.200 e. The maximum atomic E-state index is 13.3. The van der Waals surface area contributed by atoms with E-state index in [1.807, 2.05) is 48.5 Å². The molecule has 0 N–H and O–H groups in total. The van der Waals surface area contributed by atoms with Crippen LogP contribution in [0.1, 0.15) is 43.7 Å². The van der Waals surface area contributed by atoms with Gasteiger partial charge in [-0.3, -0.25) is 4.79 Å². The second-order valence-corrected chi connectivity index (χ2v) is 9.52. The molecule has 1 aromatic heterocycles. The lowest BCUT2D eigenvalue weighted by molar-refractivity contribution is 0.302. The summed E-state index contributed by atoms with van der Waals surface area (Å²) < 4.78 is 13.1. The Bertz CT molecular complexity index is 1280. The summed E-state index contributed by atoms with van der Waals surface area (Å²) in [5, 5.41) is 1.20. The van der Waals surface area contributed by atoms with Gasteiger partial charge in [-0.2, -0.15) is 0 Å². The van der Waals surface area contributed by atoms with Crippen molar-refractivity contribution in [2.24, 2.45) is 0 Å². The summed E-state index contributed by atoms with van der Waals surface area (Å²) in [6, 6.07) is 19.1. The van der Waals surface area contributed by atoms with Crippen molar-refractivity contribution in [1.29, 1.82) is 0 Å². The van der Waals surface area contributed by atoms with E-state index in [0.717, 1.165) is 46.2 Å². The normalized spacial score (nSPS) is 11.1. The number of aryl methyl sites for hydroxylation is 1. The average molecular weight is 526 g/mol. The van der Waals surface area contributed by atoms with Crippen LogP contribution < -0.4 is 10.2 Å². The Labute approximate surface area is 207 Å². The minimum absolute atomic E-state index is 0.0483. The molecule has 5 heteroatoms. The Morgan fingerprint density at radius 2 is 1.73 bits per heavy atom. The first kappa shape index (κ1) is 23.6. The van der Waals surface area contributed by atoms with Crippen molar-refractivity contribution in [3.05, 3.63) is 97.8 Å². The van der Waals surface area contributed by atoms with Gasteiger partial charge in [-0.05, 0) is 59.9 Å². The fourth-order valence-corrected chi connectivity index (χ4v) is 4.23. The molecule has 0 aliphatic heterocycles. The third-order valence-corrected chi connectivity index (χ3v) is 6.50. The summed E-state index contributed by atoms with van der Waals surface area (Å²) >= 11 is 9.47. The Morgan fingerprint density at radius 1 is 0.970 bits per heavy atom. The Hall–Kier alpha value is -2.56. The van der Waals surface area contributed by atoms with E-state index in [1.165, 1.54) is 19.1 Å². The summed E-state index contributed by atoms with van der Waals surface area (Å²) in [5.74, 6) is 0.768. The second kappa shape index (κ2) is 11.0. The number of halogens is 2. The maximum absolute atomic E-state index is 13.3. The minimum atomic E-state index is -0.0483. The molecular formula is C28H26BrClO3. The number of fused-ring (bicyclic) bond motifs is 1. The van der Waals surface area contributed by atoms with Gasteiger partial charge in [0.1, 0.15) is 24.2 Å². The molecule has 3 aromatic carbocycles. The Kier molecular flexibility index (Phi) is 7.89. The van der Waals surface area contributed by atoms with Crippen LogP contribution in [0.25, 0.3) is 22.1 Å². The van der Waals surface area contributed by atoms with Gasteiger partial charge < -0.3 is 9.15 Å². The van der Waals surface area contributed by atoms with E-state index in [9.17, 15) is 4.79 Å². The van der Waals surface area contributed by atoms with E-state index in [2.05, 4.69) is 22.9 Å². The lowest BCUT2D eigenvalue weighted by atomic mass is 10.0. The quantitative estimate of drug-likeness (QED) is 0.205. The van der Waals surface area contributed by atoms with Crippen LogP contribution in [0.5, 0.6) is 5.75 Å². The predicted molar refractivity (Wildman–Crippen MR) is 139 cm³/mol. The molecule has 170 valence electrons. The standard InChI is InChI=1S/C28H26BrClO3/c1-2-3-4-5-6-21-15-24-27(16-26(21)32-17-19-7-11-22(29)12-8-19)33-18-25(28(24)31)20-9-13-23(30)14-10-20/h7-16,18H,2-6,17H2,1H3. The highest BCUT2D eigenvalue weighted by molar-refractivity contribution is 9.10. The van der Waals surface area contributed by atoms with Crippen molar-refractivity contribution >= 4 is 38.5 Å². The van der Waals surface area contributed by atoms with Crippen LogP contribution in [-0.4, -0.2) is 0 Å². The number of ether oxygens (including phenoxy) is 1. The third-order valence-electron chi connectivity index (χ3n) is 5.72. The van der Waals surface area contributed by atoms with E-state index >= 15 is 0 Å². The summed E-state index contributed by atoms with van der Waals surface area (Å²) in [5.41, 5.74) is 3.91. The lowest BCUT2D eigenvalue weighted by Gasteiger charge is -2.13. The molecule has 0 aliphatic carbocycles. The lowest BCUT2D eigenvalue weighted by Crippen LogP contribution is -2.07. The molecular weight excluding hydrogens is 500 g/mol. The van der Waals surface area contributed by atoms with Crippen LogP contribution in [0.2, 0.25) is 5.02 Å². The van der Waals surface area contributed by atoms with Crippen molar-refractivity contribution in [2.75, 3.05) is 0 Å². The SMILES string of the molecule is CCCCCCc1cc2c(=O)c(-c3ccc(Cl)cc3)coc2cc1OCc1ccc(Br)cc1. The number of hydrogen-bond donors (Lipinski definition) is 0. The topological polar surface area (TPSA) is 39.4 Å². The van der Waals surface area contributed by atoms with E-state index in [1.54, 1.807) is 12.1 Å². The van der Waals surface area contributed by atoms with Crippen molar-refractivity contribution in [2.45, 2.75) is 45.6 Å². The van der Waals surface area contributed by atoms with Gasteiger partial charge in [-0.1, -0.05) is 78.0 Å². The molecule has 0 saturated heterocycles. The van der Waals surface area contributed by atoms with Crippen LogP contribution in [0.15, 0.2) is 80.6 Å². The van der Waals surface area contributed by atoms with Crippen molar-refractivity contribution in [3.8, 4) is 16.9 Å². The largest absolute Gasteiger partial charge is 0.488 e. The highest BCUT2D eigenvalue weighted by atomic mass is 79.9. The summed E-state index contributed by atoms with van der Waals surface area (Å²) in [6.07, 6.45) is 6.96. The van der Waals surface area contributed by atoms with E-state index in [-0.39, 0.29) is 5.43 Å². The molecule has 4 aromatic rings. The molecule has 0 unspecified atom stereocenters. The molecule has 0 atom stereocenters. The van der Waals surface area contributed by atoms with Gasteiger partial charge in [0.15, 0.2) is 0 Å². The molecule has 33 heavy (non-hydrogen) atoms. The van der Waals surface area contributed by atoms with E-state index in [0.29, 0.717) is 28.2 Å². The van der Waals surface area contributed by atoms with Gasteiger partial charge >= 0.3 is 0 Å². The Morgan fingerprint density at radius 3 is 2.45 bits per heavy atom. The molecule has 0 spiro atoms. The molecule has 0 bridgehead atoms. The van der Waals surface area contributed by atoms with Crippen molar-refractivity contribution in [3.63, 3.8) is 0 Å². The van der Waals surface area contributed by atoms with Gasteiger partial charge in [-0.25, -0.2) is 0 Å². The summed E-state index contributed by atoms with van der Waals surface area (Å²) in [6.45, 7) is 2.65. The van der Waals surface area contributed by atoms with Gasteiger partial charge in [0, 0.05) is 15.6 Å². The van der Waals surface area contributed by atoms with Gasteiger partial charge in [0.25, 0.3) is 0 Å². The average Bonchev–Trinajstić information content (AvgIpc) is 2.83. The zero-order valence-electron chi connectivity index (χ0n) is 18.6. The zero-order chi connectivity index (χ0) is 23.2. The van der Waals surface area contributed by atoms with E-state index < -0.39 is 0 Å². The van der Waals surface area contributed by atoms with Gasteiger partial charge in [0.05, 0.1) is 10.9 Å². The molecule has 3 nitrogen and oxygen atoms in total. The number of benzene rings is 3. The molecule has 0 aliphatic rings. The van der Waals surface area contributed by atoms with Crippen LogP contribution in [0, 0.1) is 0 Å². The van der Waals surface area contributed by atoms with Crippen LogP contribution in [0.3, 0.4) is 0 Å². The molecule has 0 radical (unpaired) electrons. The van der Waals surface area contributed by atoms with Crippen LogP contribution >= 0.6 is 27.5 Å². The molecule has 1 heterocycles. The van der Waals surface area contributed by atoms with Crippen LogP contribution in [-0.2, 0) is 13.0 Å². The van der Waals surface area contributed by atoms with Crippen molar-refractivity contribution in [1.82, 2.24) is 0 Å². The highest BCUT2D eigenvalue weighted by Crippen LogP contribution is 2.29. The summed E-state index contributed by atoms with van der Waals surface area (Å²) in [4.78, 5) is 13.3. The molecule has 0 amide bonds. The molecule has 0 saturated carbocycles. The first-order valence-corrected chi connectivity index (χ1v) is 12.4. The minimum Gasteiger partial charge on any atom is -0.488 e. The first-order chi connectivity index (χ1) is 16.0. The Balaban J connectivity index is 1.69.